The minimum Gasteiger partial charge on any atom is -0.322 e. The van der Waals surface area contributed by atoms with E-state index in [0.29, 0.717) is 12.5 Å². The molecular formula is C18H26NOS+. The van der Waals surface area contributed by atoms with Crippen LogP contribution < -0.4 is 0 Å². The van der Waals surface area contributed by atoms with Crippen molar-refractivity contribution >= 4 is 17.6 Å². The largest absolute Gasteiger partial charge is 0.322 e. The monoisotopic (exact) mass is 304 g/mol. The summed E-state index contributed by atoms with van der Waals surface area (Å²) in [6.07, 6.45) is 11.1. The van der Waals surface area contributed by atoms with E-state index in [1.54, 1.807) is 0 Å². The lowest BCUT2D eigenvalue weighted by Gasteiger charge is -2.43. The van der Waals surface area contributed by atoms with Crippen LogP contribution in [0.2, 0.25) is 0 Å². The lowest BCUT2D eigenvalue weighted by molar-refractivity contribution is -0.887. The summed E-state index contributed by atoms with van der Waals surface area (Å²) in [6, 6.07) is 2.31. The molecule has 1 aliphatic carbocycles. The lowest BCUT2D eigenvalue weighted by Crippen LogP contribution is -2.50. The SMILES string of the molecule is CCC1(C[N+](C)(C)CC=O)C=CC=CC1c1cc(C)cs1. The number of rotatable bonds is 6. The van der Waals surface area contributed by atoms with E-state index in [1.165, 1.54) is 10.4 Å². The van der Waals surface area contributed by atoms with Crippen molar-refractivity contribution in [1.82, 2.24) is 0 Å². The zero-order valence-corrected chi connectivity index (χ0v) is 14.3. The maximum absolute atomic E-state index is 11.0. The van der Waals surface area contributed by atoms with Crippen LogP contribution in [-0.2, 0) is 4.79 Å². The molecule has 0 bridgehead atoms. The van der Waals surface area contributed by atoms with Gasteiger partial charge in [0.15, 0.2) is 6.29 Å². The summed E-state index contributed by atoms with van der Waals surface area (Å²) in [7, 11) is 4.30. The number of thiophene rings is 1. The van der Waals surface area contributed by atoms with E-state index in [1.807, 2.05) is 11.3 Å². The van der Waals surface area contributed by atoms with E-state index in [-0.39, 0.29) is 5.41 Å². The molecule has 1 aromatic rings. The highest BCUT2D eigenvalue weighted by molar-refractivity contribution is 7.10. The second kappa shape index (κ2) is 6.29. The van der Waals surface area contributed by atoms with E-state index < -0.39 is 0 Å². The van der Waals surface area contributed by atoms with E-state index in [4.69, 9.17) is 0 Å². The van der Waals surface area contributed by atoms with Crippen LogP contribution in [0, 0.1) is 12.3 Å². The number of aldehydes is 1. The first-order chi connectivity index (χ1) is 9.92. The van der Waals surface area contributed by atoms with E-state index in [2.05, 4.69) is 63.7 Å². The molecule has 0 aromatic carbocycles. The molecule has 2 rings (SSSR count). The van der Waals surface area contributed by atoms with Gasteiger partial charge in [-0.05, 0) is 30.4 Å². The third-order valence-electron chi connectivity index (χ3n) is 4.47. The zero-order valence-electron chi connectivity index (χ0n) is 13.5. The van der Waals surface area contributed by atoms with Gasteiger partial charge in [0.1, 0.15) is 6.54 Å². The predicted octanol–water partition coefficient (Wildman–Crippen LogP) is 3.94. The van der Waals surface area contributed by atoms with Gasteiger partial charge in [0.2, 0.25) is 0 Å². The second-order valence-corrected chi connectivity index (χ2v) is 7.72. The average molecular weight is 304 g/mol. The molecule has 1 aromatic heterocycles. The van der Waals surface area contributed by atoms with Crippen molar-refractivity contribution < 1.29 is 9.28 Å². The Hall–Kier alpha value is -1.19. The maximum Gasteiger partial charge on any atom is 0.174 e. The lowest BCUT2D eigenvalue weighted by atomic mass is 9.69. The molecule has 0 spiro atoms. The first-order valence-electron chi connectivity index (χ1n) is 7.59. The first kappa shape index (κ1) is 16.2. The Labute approximate surface area is 132 Å². The van der Waals surface area contributed by atoms with Crippen LogP contribution >= 0.6 is 11.3 Å². The first-order valence-corrected chi connectivity index (χ1v) is 8.47. The van der Waals surface area contributed by atoms with Gasteiger partial charge in [-0.25, -0.2) is 0 Å². The quantitative estimate of drug-likeness (QED) is 0.575. The van der Waals surface area contributed by atoms with Crippen LogP contribution in [0.1, 0.15) is 29.7 Å². The van der Waals surface area contributed by atoms with Crippen molar-refractivity contribution in [3.8, 4) is 0 Å². The summed E-state index contributed by atoms with van der Waals surface area (Å²) in [5.74, 6) is 0.412. The molecular weight excluding hydrogens is 278 g/mol. The van der Waals surface area contributed by atoms with Crippen molar-refractivity contribution in [2.75, 3.05) is 27.2 Å². The smallest absolute Gasteiger partial charge is 0.174 e. The van der Waals surface area contributed by atoms with Crippen LogP contribution in [0.3, 0.4) is 0 Å². The Kier molecular flexibility index (Phi) is 4.84. The van der Waals surface area contributed by atoms with Crippen LogP contribution in [-0.4, -0.2) is 38.0 Å². The normalized spacial score (nSPS) is 25.2. The molecule has 114 valence electrons. The molecule has 2 atom stereocenters. The van der Waals surface area contributed by atoms with Crippen molar-refractivity contribution in [2.24, 2.45) is 5.41 Å². The molecule has 0 N–H and O–H groups in total. The van der Waals surface area contributed by atoms with Gasteiger partial charge >= 0.3 is 0 Å². The van der Waals surface area contributed by atoms with Gasteiger partial charge in [0.05, 0.1) is 20.6 Å². The number of allylic oxidation sites excluding steroid dienone is 3. The van der Waals surface area contributed by atoms with Crippen molar-refractivity contribution in [1.29, 1.82) is 0 Å². The molecule has 0 radical (unpaired) electrons. The van der Waals surface area contributed by atoms with Gasteiger partial charge < -0.3 is 4.48 Å². The van der Waals surface area contributed by atoms with E-state index in [0.717, 1.165) is 23.7 Å². The van der Waals surface area contributed by atoms with Crippen LogP contribution in [0.5, 0.6) is 0 Å². The van der Waals surface area contributed by atoms with E-state index >= 15 is 0 Å². The molecule has 0 saturated heterocycles. The molecule has 0 amide bonds. The van der Waals surface area contributed by atoms with Gasteiger partial charge in [-0.15, -0.1) is 11.3 Å². The zero-order chi connectivity index (χ0) is 15.5. The molecule has 0 fully saturated rings. The fraction of sp³-hybridized carbons (Fsp3) is 0.500. The Morgan fingerprint density at radius 2 is 2.14 bits per heavy atom. The molecule has 1 heterocycles. The number of carbonyl (C=O) groups excluding carboxylic acids is 1. The molecule has 2 unspecified atom stereocenters. The number of likely N-dealkylation sites (N-methyl/N-ethyl adjacent to an activating group) is 1. The van der Waals surface area contributed by atoms with Crippen LogP contribution in [0.25, 0.3) is 0 Å². The Morgan fingerprint density at radius 1 is 1.38 bits per heavy atom. The van der Waals surface area contributed by atoms with Crippen molar-refractivity contribution in [3.63, 3.8) is 0 Å². The number of aryl methyl sites for hydroxylation is 1. The fourth-order valence-corrected chi connectivity index (χ4v) is 4.48. The second-order valence-electron chi connectivity index (χ2n) is 6.78. The van der Waals surface area contributed by atoms with Gasteiger partial charge in [0, 0.05) is 16.2 Å². The summed E-state index contributed by atoms with van der Waals surface area (Å²) in [6.45, 7) is 5.96. The summed E-state index contributed by atoms with van der Waals surface area (Å²) in [5.41, 5.74) is 1.43. The third kappa shape index (κ3) is 3.53. The molecule has 0 saturated carbocycles. The summed E-state index contributed by atoms with van der Waals surface area (Å²) in [4.78, 5) is 12.4. The summed E-state index contributed by atoms with van der Waals surface area (Å²) < 4.78 is 0.733. The summed E-state index contributed by atoms with van der Waals surface area (Å²) >= 11 is 1.85. The van der Waals surface area contributed by atoms with Gasteiger partial charge in [-0.1, -0.05) is 31.2 Å². The standard InChI is InChI=1S/C18H26NOS/c1-5-18(14-19(3,4)10-11-20)9-7-6-8-16(18)17-12-15(2)13-21-17/h6-9,11-13,16H,5,10,14H2,1-4H3/q+1. The number of carbonyl (C=O) groups is 1. The Balaban J connectivity index is 2.36. The highest BCUT2D eigenvalue weighted by atomic mass is 32.1. The van der Waals surface area contributed by atoms with Crippen molar-refractivity contribution in [3.05, 3.63) is 46.2 Å². The average Bonchev–Trinajstić information content (AvgIpc) is 2.85. The highest BCUT2D eigenvalue weighted by Crippen LogP contribution is 2.46. The van der Waals surface area contributed by atoms with Crippen molar-refractivity contribution in [2.45, 2.75) is 26.2 Å². The van der Waals surface area contributed by atoms with Crippen LogP contribution in [0.15, 0.2) is 35.8 Å². The molecule has 21 heavy (non-hydrogen) atoms. The molecule has 3 heteroatoms. The fourth-order valence-electron chi connectivity index (χ4n) is 3.38. The number of hydrogen-bond donors (Lipinski definition) is 0. The number of nitrogens with zero attached hydrogens (tertiary/aromatic N) is 1. The Bertz CT molecular complexity index is 555. The molecule has 0 aliphatic heterocycles. The minimum absolute atomic E-state index is 0.0958. The van der Waals surface area contributed by atoms with Gasteiger partial charge in [-0.3, -0.25) is 4.79 Å². The maximum atomic E-state index is 11.0. The highest BCUT2D eigenvalue weighted by Gasteiger charge is 2.41. The molecule has 1 aliphatic rings. The van der Waals surface area contributed by atoms with Gasteiger partial charge in [-0.2, -0.15) is 0 Å². The third-order valence-corrected chi connectivity index (χ3v) is 5.60. The predicted molar refractivity (Wildman–Crippen MR) is 90.7 cm³/mol. The number of quaternary nitrogens is 1. The number of hydrogen-bond acceptors (Lipinski definition) is 2. The van der Waals surface area contributed by atoms with Crippen LogP contribution in [0.4, 0.5) is 0 Å². The van der Waals surface area contributed by atoms with E-state index in [9.17, 15) is 4.79 Å². The summed E-state index contributed by atoms with van der Waals surface area (Å²) in [5, 5.41) is 2.23. The Morgan fingerprint density at radius 3 is 2.71 bits per heavy atom. The topological polar surface area (TPSA) is 17.1 Å². The molecule has 2 nitrogen and oxygen atoms in total. The minimum atomic E-state index is 0.0958. The van der Waals surface area contributed by atoms with Gasteiger partial charge in [0.25, 0.3) is 0 Å².